The Morgan fingerprint density at radius 2 is 2.38 bits per heavy atom. The highest BCUT2D eigenvalue weighted by molar-refractivity contribution is 5.41. The molecule has 2 atom stereocenters. The Hall–Kier alpha value is -1.42. The molecule has 0 spiro atoms. The number of nitrogens with zero attached hydrogens (tertiary/aromatic N) is 3. The van der Waals surface area contributed by atoms with Crippen LogP contribution < -0.4 is 5.32 Å². The Labute approximate surface area is 93.7 Å². The third-order valence-corrected chi connectivity index (χ3v) is 4.14. The minimum Gasteiger partial charge on any atom is -0.316 e. The Kier molecular flexibility index (Phi) is 1.54. The molecule has 2 aromatic rings. The summed E-state index contributed by atoms with van der Waals surface area (Å²) in [5.41, 5.74) is 2.63. The predicted octanol–water partition coefficient (Wildman–Crippen LogP) is 0.980. The summed E-state index contributed by atoms with van der Waals surface area (Å²) in [6.45, 7) is 2.26. The van der Waals surface area contributed by atoms with Crippen LogP contribution in [0.25, 0.3) is 5.65 Å². The van der Waals surface area contributed by atoms with E-state index in [4.69, 9.17) is 0 Å². The van der Waals surface area contributed by atoms with E-state index in [0.717, 1.165) is 18.1 Å². The maximum absolute atomic E-state index is 4.39. The zero-order valence-electron chi connectivity index (χ0n) is 9.06. The molecule has 1 saturated carbocycles. The van der Waals surface area contributed by atoms with Gasteiger partial charge in [0.2, 0.25) is 0 Å². The van der Waals surface area contributed by atoms with Crippen LogP contribution in [0.15, 0.2) is 24.5 Å². The standard InChI is InChI=1S/C12H14N4/c1-4-13-8-12(7-9(1)12)10-2-5-14-11-3-6-15-16(10)11/h2-3,5-6,9,13H,1,4,7-8H2. The fraction of sp³-hybridized carbons (Fsp3) is 0.500. The van der Waals surface area contributed by atoms with Crippen molar-refractivity contribution >= 4 is 5.65 Å². The summed E-state index contributed by atoms with van der Waals surface area (Å²) in [7, 11) is 0. The molecule has 2 aromatic heterocycles. The van der Waals surface area contributed by atoms with Crippen molar-refractivity contribution in [2.24, 2.45) is 5.92 Å². The lowest BCUT2D eigenvalue weighted by atomic mass is 9.94. The van der Waals surface area contributed by atoms with E-state index < -0.39 is 0 Å². The molecule has 1 saturated heterocycles. The van der Waals surface area contributed by atoms with Gasteiger partial charge in [0, 0.05) is 24.2 Å². The lowest BCUT2D eigenvalue weighted by Gasteiger charge is -2.23. The zero-order chi connectivity index (χ0) is 10.6. The van der Waals surface area contributed by atoms with Crippen LogP contribution in [0.1, 0.15) is 18.5 Å². The van der Waals surface area contributed by atoms with Gasteiger partial charge in [-0.3, -0.25) is 0 Å². The minimum atomic E-state index is 0.339. The molecule has 3 heterocycles. The Morgan fingerprint density at radius 1 is 1.38 bits per heavy atom. The Balaban J connectivity index is 1.90. The number of nitrogens with one attached hydrogen (secondary N) is 1. The van der Waals surface area contributed by atoms with Crippen molar-refractivity contribution in [2.75, 3.05) is 13.1 Å². The van der Waals surface area contributed by atoms with E-state index in [1.807, 2.05) is 23.0 Å². The summed E-state index contributed by atoms with van der Waals surface area (Å²) in [5.74, 6) is 0.851. The van der Waals surface area contributed by atoms with E-state index >= 15 is 0 Å². The highest BCUT2D eigenvalue weighted by atomic mass is 15.3. The average molecular weight is 214 g/mol. The van der Waals surface area contributed by atoms with Gasteiger partial charge < -0.3 is 5.32 Å². The molecule has 0 bridgehead atoms. The topological polar surface area (TPSA) is 42.2 Å². The van der Waals surface area contributed by atoms with Gasteiger partial charge in [-0.15, -0.1) is 0 Å². The maximum Gasteiger partial charge on any atom is 0.155 e. The van der Waals surface area contributed by atoms with Crippen LogP contribution in [-0.2, 0) is 5.41 Å². The number of hydrogen-bond acceptors (Lipinski definition) is 3. The van der Waals surface area contributed by atoms with Crippen molar-refractivity contribution in [1.29, 1.82) is 0 Å². The third kappa shape index (κ3) is 0.976. The molecule has 4 nitrogen and oxygen atoms in total. The van der Waals surface area contributed by atoms with Crippen LogP contribution in [0.2, 0.25) is 0 Å². The summed E-state index contributed by atoms with van der Waals surface area (Å²) in [5, 5.41) is 7.90. The van der Waals surface area contributed by atoms with Crippen molar-refractivity contribution in [3.05, 3.63) is 30.2 Å². The molecule has 1 N–H and O–H groups in total. The fourth-order valence-corrected chi connectivity index (χ4v) is 3.18. The number of hydrogen-bond donors (Lipinski definition) is 1. The van der Waals surface area contributed by atoms with Crippen molar-refractivity contribution in [1.82, 2.24) is 19.9 Å². The Bertz CT molecular complexity index is 547. The lowest BCUT2D eigenvalue weighted by Crippen LogP contribution is -2.35. The van der Waals surface area contributed by atoms with Gasteiger partial charge in [-0.1, -0.05) is 0 Å². The molecule has 16 heavy (non-hydrogen) atoms. The first-order chi connectivity index (χ1) is 7.90. The summed E-state index contributed by atoms with van der Waals surface area (Å²) in [6, 6.07) is 4.10. The quantitative estimate of drug-likeness (QED) is 0.769. The highest BCUT2D eigenvalue weighted by Gasteiger charge is 2.57. The van der Waals surface area contributed by atoms with Crippen LogP contribution in [0.4, 0.5) is 0 Å². The summed E-state index contributed by atoms with van der Waals surface area (Å²) in [4.78, 5) is 4.33. The van der Waals surface area contributed by atoms with Gasteiger partial charge in [0.05, 0.1) is 11.9 Å². The monoisotopic (exact) mass is 214 g/mol. The van der Waals surface area contributed by atoms with Gasteiger partial charge in [0.25, 0.3) is 0 Å². The number of rotatable bonds is 1. The highest BCUT2D eigenvalue weighted by Crippen LogP contribution is 2.56. The summed E-state index contributed by atoms with van der Waals surface area (Å²) in [6.07, 6.45) is 6.34. The van der Waals surface area contributed by atoms with E-state index in [1.165, 1.54) is 25.1 Å². The molecule has 2 unspecified atom stereocenters. The van der Waals surface area contributed by atoms with Gasteiger partial charge in [-0.2, -0.15) is 5.10 Å². The fourth-order valence-electron chi connectivity index (χ4n) is 3.18. The molecule has 4 heteroatoms. The van der Waals surface area contributed by atoms with Crippen molar-refractivity contribution in [3.8, 4) is 0 Å². The van der Waals surface area contributed by atoms with E-state index in [0.29, 0.717) is 5.41 Å². The predicted molar refractivity (Wildman–Crippen MR) is 60.3 cm³/mol. The number of fused-ring (bicyclic) bond motifs is 2. The molecule has 1 aliphatic carbocycles. The van der Waals surface area contributed by atoms with E-state index in [1.54, 1.807) is 0 Å². The number of aromatic nitrogens is 3. The molecule has 0 amide bonds. The molecular weight excluding hydrogens is 200 g/mol. The molecular formula is C12H14N4. The van der Waals surface area contributed by atoms with Crippen LogP contribution in [0, 0.1) is 5.92 Å². The molecule has 2 aliphatic rings. The van der Waals surface area contributed by atoms with Crippen molar-refractivity contribution in [3.63, 3.8) is 0 Å². The van der Waals surface area contributed by atoms with Crippen molar-refractivity contribution in [2.45, 2.75) is 18.3 Å². The van der Waals surface area contributed by atoms with Crippen LogP contribution in [0.5, 0.6) is 0 Å². The maximum atomic E-state index is 4.39. The van der Waals surface area contributed by atoms with Crippen LogP contribution in [0.3, 0.4) is 0 Å². The second-order valence-corrected chi connectivity index (χ2v) is 4.95. The van der Waals surface area contributed by atoms with E-state index in [2.05, 4.69) is 21.5 Å². The first kappa shape index (κ1) is 8.70. The SMILES string of the molecule is c1cc(C23CNCCC2C3)n2nccc2n1. The normalized spacial score (nSPS) is 32.6. The summed E-state index contributed by atoms with van der Waals surface area (Å²) < 4.78 is 2.01. The smallest absolute Gasteiger partial charge is 0.155 e. The molecule has 2 fully saturated rings. The molecule has 82 valence electrons. The third-order valence-electron chi connectivity index (χ3n) is 4.14. The van der Waals surface area contributed by atoms with Crippen LogP contribution in [-0.4, -0.2) is 27.7 Å². The van der Waals surface area contributed by atoms with Gasteiger partial charge in [-0.25, -0.2) is 9.50 Å². The first-order valence-electron chi connectivity index (χ1n) is 5.90. The molecule has 4 rings (SSSR count). The summed E-state index contributed by atoms with van der Waals surface area (Å²) >= 11 is 0. The number of piperidine rings is 1. The van der Waals surface area contributed by atoms with Gasteiger partial charge in [-0.05, 0) is 31.4 Å². The molecule has 0 aromatic carbocycles. The van der Waals surface area contributed by atoms with Gasteiger partial charge in [0.15, 0.2) is 5.65 Å². The zero-order valence-corrected chi connectivity index (χ0v) is 9.06. The second-order valence-electron chi connectivity index (χ2n) is 4.95. The van der Waals surface area contributed by atoms with E-state index in [9.17, 15) is 0 Å². The first-order valence-corrected chi connectivity index (χ1v) is 5.90. The second kappa shape index (κ2) is 2.83. The van der Waals surface area contributed by atoms with Crippen molar-refractivity contribution < 1.29 is 0 Å². The van der Waals surface area contributed by atoms with Crippen LogP contribution >= 0.6 is 0 Å². The molecule has 0 radical (unpaired) electrons. The van der Waals surface area contributed by atoms with E-state index in [-0.39, 0.29) is 0 Å². The lowest BCUT2D eigenvalue weighted by molar-refractivity contribution is 0.433. The van der Waals surface area contributed by atoms with Gasteiger partial charge >= 0.3 is 0 Å². The minimum absolute atomic E-state index is 0.339. The molecule has 1 aliphatic heterocycles. The largest absolute Gasteiger partial charge is 0.316 e. The van der Waals surface area contributed by atoms with Gasteiger partial charge in [0.1, 0.15) is 0 Å². The Morgan fingerprint density at radius 3 is 3.31 bits per heavy atom. The average Bonchev–Trinajstić information content (AvgIpc) is 2.88.